The van der Waals surface area contributed by atoms with E-state index in [1.54, 1.807) is 0 Å². The summed E-state index contributed by atoms with van der Waals surface area (Å²) in [6, 6.07) is 7.03. The van der Waals surface area contributed by atoms with Crippen molar-refractivity contribution in [3.63, 3.8) is 0 Å². The molecule has 1 aromatic carbocycles. The van der Waals surface area contributed by atoms with Gasteiger partial charge in [-0.25, -0.2) is 9.82 Å². The first-order valence-electron chi connectivity index (χ1n) is 10.4. The minimum absolute atomic E-state index is 0.00577. The molecular formula is C23H26FN5O. The molecule has 3 N–H and O–H groups in total. The molecule has 4 heterocycles. The molecule has 0 saturated carbocycles. The molecule has 5 rings (SSSR count). The highest BCUT2D eigenvalue weighted by Gasteiger charge is 2.32. The Kier molecular flexibility index (Phi) is 5.02. The van der Waals surface area contributed by atoms with Gasteiger partial charge in [0.2, 0.25) is 0 Å². The summed E-state index contributed by atoms with van der Waals surface area (Å²) in [7, 11) is 0. The van der Waals surface area contributed by atoms with E-state index in [0.717, 1.165) is 52.4 Å². The lowest BCUT2D eigenvalue weighted by atomic mass is 9.89. The third-order valence-corrected chi connectivity index (χ3v) is 5.97. The number of hydrazine groups is 1. The Morgan fingerprint density at radius 2 is 2.07 bits per heavy atom. The molecule has 6 nitrogen and oxygen atoms in total. The Hall–Kier alpha value is -2.74. The maximum Gasteiger partial charge on any atom is 0.123 e. The lowest BCUT2D eigenvalue weighted by molar-refractivity contribution is -0.00850. The second-order valence-corrected chi connectivity index (χ2v) is 8.00. The minimum Gasteiger partial charge on any atom is -0.379 e. The number of nitrogens with zero attached hydrogens (tertiary/aromatic N) is 2. The number of aryl methyl sites for hydroxylation is 1. The van der Waals surface area contributed by atoms with E-state index in [9.17, 15) is 4.39 Å². The van der Waals surface area contributed by atoms with Crippen molar-refractivity contribution in [3.05, 3.63) is 70.8 Å². The van der Waals surface area contributed by atoms with Crippen LogP contribution in [-0.4, -0.2) is 48.4 Å². The highest BCUT2D eigenvalue weighted by molar-refractivity contribution is 5.94. The Bertz CT molecular complexity index is 1020. The van der Waals surface area contributed by atoms with Crippen molar-refractivity contribution >= 4 is 17.0 Å². The van der Waals surface area contributed by atoms with E-state index in [1.165, 1.54) is 12.1 Å². The van der Waals surface area contributed by atoms with Crippen molar-refractivity contribution in [1.82, 2.24) is 20.7 Å². The van der Waals surface area contributed by atoms with Gasteiger partial charge in [-0.05, 0) is 54.8 Å². The molecule has 1 unspecified atom stereocenters. The van der Waals surface area contributed by atoms with Crippen molar-refractivity contribution in [3.8, 4) is 0 Å². The fourth-order valence-corrected chi connectivity index (χ4v) is 4.44. The summed E-state index contributed by atoms with van der Waals surface area (Å²) in [5, 5.41) is 3.74. The smallest absolute Gasteiger partial charge is 0.123 e. The van der Waals surface area contributed by atoms with Gasteiger partial charge < -0.3 is 15.5 Å². The van der Waals surface area contributed by atoms with Crippen molar-refractivity contribution < 1.29 is 9.13 Å². The van der Waals surface area contributed by atoms with Gasteiger partial charge in [-0.2, -0.15) is 0 Å². The van der Waals surface area contributed by atoms with Crippen LogP contribution in [0.4, 0.5) is 10.1 Å². The third-order valence-electron chi connectivity index (χ3n) is 5.97. The van der Waals surface area contributed by atoms with E-state index in [0.29, 0.717) is 13.2 Å². The number of hydrogen-bond acceptors (Lipinski definition) is 6. The van der Waals surface area contributed by atoms with Gasteiger partial charge >= 0.3 is 0 Å². The van der Waals surface area contributed by atoms with E-state index in [2.05, 4.69) is 47.1 Å². The van der Waals surface area contributed by atoms with Crippen LogP contribution in [0, 0.1) is 12.7 Å². The van der Waals surface area contributed by atoms with Crippen LogP contribution >= 0.6 is 0 Å². The van der Waals surface area contributed by atoms with Crippen molar-refractivity contribution in [2.45, 2.75) is 26.1 Å². The molecule has 30 heavy (non-hydrogen) atoms. The summed E-state index contributed by atoms with van der Waals surface area (Å²) in [5.41, 5.74) is 13.5. The molecule has 0 amide bonds. The summed E-state index contributed by atoms with van der Waals surface area (Å²) in [6.45, 7) is 7.27. The predicted molar refractivity (Wildman–Crippen MR) is 116 cm³/mol. The van der Waals surface area contributed by atoms with Gasteiger partial charge in [0.1, 0.15) is 11.5 Å². The number of nitrogens with one attached hydrogen (secondary N) is 3. The van der Waals surface area contributed by atoms with E-state index in [4.69, 9.17) is 9.72 Å². The second kappa shape index (κ2) is 7.83. The number of benzene rings is 1. The minimum atomic E-state index is -0.231. The van der Waals surface area contributed by atoms with Crippen LogP contribution in [0.2, 0.25) is 0 Å². The Labute approximate surface area is 175 Å². The number of rotatable bonds is 3. The summed E-state index contributed by atoms with van der Waals surface area (Å²) in [5.74, 6) is -0.231. The fraction of sp³-hybridized carbons (Fsp3) is 0.348. The van der Waals surface area contributed by atoms with Gasteiger partial charge in [0, 0.05) is 30.9 Å². The van der Waals surface area contributed by atoms with Gasteiger partial charge in [0.05, 0.1) is 30.8 Å². The first-order valence-corrected chi connectivity index (χ1v) is 10.4. The zero-order valence-corrected chi connectivity index (χ0v) is 17.2. The lowest BCUT2D eigenvalue weighted by Gasteiger charge is -2.41. The molecule has 0 bridgehead atoms. The normalized spacial score (nSPS) is 23.8. The molecule has 3 aliphatic heterocycles. The predicted octanol–water partition coefficient (Wildman–Crippen LogP) is 2.88. The number of fused-ring (bicyclic) bond motifs is 1. The van der Waals surface area contributed by atoms with Crippen LogP contribution in [0.25, 0.3) is 11.3 Å². The molecular weight excluding hydrogens is 381 g/mol. The number of pyridine rings is 1. The third kappa shape index (κ3) is 3.39. The Morgan fingerprint density at radius 3 is 2.80 bits per heavy atom. The summed E-state index contributed by atoms with van der Waals surface area (Å²) in [6.07, 6.45) is 6.25. The number of aromatic nitrogens is 1. The average molecular weight is 407 g/mol. The van der Waals surface area contributed by atoms with Gasteiger partial charge in [-0.1, -0.05) is 12.1 Å². The maximum absolute atomic E-state index is 13.6. The molecule has 2 atom stereocenters. The molecule has 1 saturated heterocycles. The van der Waals surface area contributed by atoms with Crippen LogP contribution in [0.3, 0.4) is 0 Å². The standard InChI is InChI=1S/C23H26FN5O/c1-14-12-25-22(19-7-8-26-28-19)23-21(14)18(16-3-5-17(24)6-4-16)11-20(27-23)29-9-10-30-13-15(29)2/h3-7,11-12,15,20,26-28H,8-10,13H2,1-2H3/t15-,20?/m1/s1. The maximum atomic E-state index is 13.6. The molecule has 3 aliphatic rings. The topological polar surface area (TPSA) is 61.5 Å². The molecule has 2 aromatic rings. The molecule has 0 radical (unpaired) electrons. The van der Waals surface area contributed by atoms with Crippen molar-refractivity contribution in [1.29, 1.82) is 0 Å². The lowest BCUT2D eigenvalue weighted by Crippen LogP contribution is -2.52. The highest BCUT2D eigenvalue weighted by Crippen LogP contribution is 2.40. The number of halogens is 1. The Balaban J connectivity index is 1.67. The van der Waals surface area contributed by atoms with Crippen LogP contribution in [0.5, 0.6) is 0 Å². The van der Waals surface area contributed by atoms with E-state index >= 15 is 0 Å². The summed E-state index contributed by atoms with van der Waals surface area (Å²) >= 11 is 0. The SMILES string of the molecule is Cc1cnc(C2=CCNN2)c2c1C(c1ccc(F)cc1)=CC(N1CCOC[C@H]1C)N2. The van der Waals surface area contributed by atoms with E-state index in [-0.39, 0.29) is 18.0 Å². The number of morpholine rings is 1. The summed E-state index contributed by atoms with van der Waals surface area (Å²) in [4.78, 5) is 7.16. The van der Waals surface area contributed by atoms with Gasteiger partial charge in [-0.3, -0.25) is 9.88 Å². The largest absolute Gasteiger partial charge is 0.379 e. The quantitative estimate of drug-likeness (QED) is 0.727. The van der Waals surface area contributed by atoms with Crippen molar-refractivity contribution in [2.75, 3.05) is 31.6 Å². The molecule has 0 spiro atoms. The van der Waals surface area contributed by atoms with E-state index < -0.39 is 0 Å². The van der Waals surface area contributed by atoms with Gasteiger partial charge in [-0.15, -0.1) is 0 Å². The van der Waals surface area contributed by atoms with Gasteiger partial charge in [0.25, 0.3) is 0 Å². The van der Waals surface area contributed by atoms with Crippen LogP contribution in [0.15, 0.2) is 42.6 Å². The van der Waals surface area contributed by atoms with Crippen LogP contribution in [-0.2, 0) is 4.74 Å². The Morgan fingerprint density at radius 1 is 1.23 bits per heavy atom. The summed E-state index contributed by atoms with van der Waals surface area (Å²) < 4.78 is 19.3. The molecule has 156 valence electrons. The first kappa shape index (κ1) is 19.2. The zero-order valence-electron chi connectivity index (χ0n) is 17.2. The molecule has 1 aromatic heterocycles. The van der Waals surface area contributed by atoms with Crippen molar-refractivity contribution in [2.24, 2.45) is 0 Å². The van der Waals surface area contributed by atoms with Gasteiger partial charge in [0.15, 0.2) is 0 Å². The zero-order chi connectivity index (χ0) is 20.7. The first-order chi connectivity index (χ1) is 14.6. The second-order valence-electron chi connectivity index (χ2n) is 8.00. The highest BCUT2D eigenvalue weighted by atomic mass is 19.1. The molecule has 0 aliphatic carbocycles. The number of hydrogen-bond donors (Lipinski definition) is 3. The van der Waals surface area contributed by atoms with Crippen LogP contribution < -0.4 is 16.2 Å². The number of ether oxygens (including phenoxy) is 1. The van der Waals surface area contributed by atoms with Crippen LogP contribution in [0.1, 0.15) is 29.3 Å². The average Bonchev–Trinajstić information content (AvgIpc) is 3.29. The number of anilines is 1. The molecule has 7 heteroatoms. The van der Waals surface area contributed by atoms with E-state index in [1.807, 2.05) is 18.3 Å². The molecule has 1 fully saturated rings. The monoisotopic (exact) mass is 407 g/mol. The fourth-order valence-electron chi connectivity index (χ4n) is 4.44.